The van der Waals surface area contributed by atoms with Crippen LogP contribution in [0.1, 0.15) is 0 Å². The third-order valence-electron chi connectivity index (χ3n) is 0. The van der Waals surface area contributed by atoms with Crippen LogP contribution in [-0.4, -0.2) is 0 Å². The molecule has 0 spiro atoms. The molecule has 0 heterocycles. The van der Waals surface area contributed by atoms with E-state index in [1.54, 1.807) is 0 Å². The maximum Gasteiger partial charge on any atom is 3.00 e. The summed E-state index contributed by atoms with van der Waals surface area (Å²) in [6, 6.07) is 0. The average Bonchev–Trinajstić information content (AvgIpc) is 0. The number of rotatable bonds is 0. The van der Waals surface area contributed by atoms with Gasteiger partial charge in [-0.2, -0.15) is 0 Å². The summed E-state index contributed by atoms with van der Waals surface area (Å²) in [5.74, 6) is 0. The van der Waals surface area contributed by atoms with Gasteiger partial charge in [-0.1, -0.05) is 0 Å². The van der Waals surface area contributed by atoms with Crippen LogP contribution >= 0.6 is 0 Å². The second kappa shape index (κ2) is 36.1. The first kappa shape index (κ1) is 50.9. The molecule has 0 aliphatic rings. The summed E-state index contributed by atoms with van der Waals surface area (Å²) in [4.78, 5) is 0. The summed E-state index contributed by atoms with van der Waals surface area (Å²) in [5.41, 5.74) is 0. The number of hydrogen-bond donors (Lipinski definition) is 0. The van der Waals surface area contributed by atoms with E-state index in [0.29, 0.717) is 0 Å². The van der Waals surface area contributed by atoms with Gasteiger partial charge in [0.05, 0.1) is 0 Å². The van der Waals surface area contributed by atoms with Crippen molar-refractivity contribution in [3.63, 3.8) is 0 Å². The summed E-state index contributed by atoms with van der Waals surface area (Å²) >= 11 is 0. The van der Waals surface area contributed by atoms with E-state index in [4.69, 9.17) is 0 Å². The van der Waals surface area contributed by atoms with E-state index in [-0.39, 0.29) is 140 Å². The average molecular weight is 471 g/mol. The molecule has 1 radical (unpaired) electrons. The zero-order valence-electron chi connectivity index (χ0n) is 2.96. The van der Waals surface area contributed by atoms with Gasteiger partial charge in [0.25, 0.3) is 0 Å². The van der Waals surface area contributed by atoms with Crippen molar-refractivity contribution in [1.29, 1.82) is 0 Å². The molecule has 0 atom stereocenters. The quantitative estimate of drug-likeness (QED) is 0.463. The van der Waals surface area contributed by atoms with Crippen molar-refractivity contribution in [2.45, 2.75) is 0 Å². The molecular formula is O3Pr3. The van der Waals surface area contributed by atoms with Crippen molar-refractivity contribution >= 4 is 0 Å². The Bertz CT molecular complexity index is 6.00. The molecule has 27 valence electrons. The molecule has 0 aliphatic carbocycles. The Kier molecular flexibility index (Phi) is 307. The van der Waals surface area contributed by atoms with Crippen LogP contribution in [0.3, 0.4) is 0 Å². The van der Waals surface area contributed by atoms with E-state index in [0.717, 1.165) is 0 Å². The summed E-state index contributed by atoms with van der Waals surface area (Å²) in [6.45, 7) is 0. The molecule has 0 aromatic carbocycles. The van der Waals surface area contributed by atoms with Crippen LogP contribution < -0.4 is 0 Å². The Labute approximate surface area is 136 Å². The van der Waals surface area contributed by atoms with E-state index in [1.807, 2.05) is 0 Å². The molecule has 3 nitrogen and oxygen atoms in total. The third kappa shape index (κ3) is 24.6. The summed E-state index contributed by atoms with van der Waals surface area (Å²) in [6.07, 6.45) is 0. The van der Waals surface area contributed by atoms with E-state index in [1.165, 1.54) is 0 Å². The Morgan fingerprint density at radius 2 is 0.500 bits per heavy atom. The fraction of sp³-hybridized carbons (Fsp3) is 0. The number of hydrogen-bond acceptors (Lipinski definition) is 0. The van der Waals surface area contributed by atoms with Gasteiger partial charge >= 0.3 is 82.6 Å². The van der Waals surface area contributed by atoms with Gasteiger partial charge < -0.3 is 16.4 Å². The molecule has 0 saturated heterocycles. The Morgan fingerprint density at radius 3 is 0.500 bits per heavy atom. The minimum absolute atomic E-state index is 0. The standard InChI is InChI=1S/3O.3Pr/q3*-2;;2*+3. The molecule has 0 unspecified atom stereocenters. The molecule has 0 aromatic heterocycles. The fourth-order valence-corrected chi connectivity index (χ4v) is 0. The summed E-state index contributed by atoms with van der Waals surface area (Å²) in [5, 5.41) is 0. The molecule has 0 saturated carbocycles. The monoisotopic (exact) mass is 471 g/mol. The van der Waals surface area contributed by atoms with Gasteiger partial charge in [0.2, 0.25) is 0 Å². The molecule has 0 fully saturated rings. The van der Waals surface area contributed by atoms with Crippen LogP contribution in [0.5, 0.6) is 0 Å². The van der Waals surface area contributed by atoms with Gasteiger partial charge in [-0.25, -0.2) is 0 Å². The first-order valence-electron chi connectivity index (χ1n) is 0. The molecule has 0 N–H and O–H groups in total. The van der Waals surface area contributed by atoms with Crippen LogP contribution in [-0.2, 0) is 16.4 Å². The molecule has 6 heteroatoms. The first-order valence-corrected chi connectivity index (χ1v) is 0. The van der Waals surface area contributed by atoms with Gasteiger partial charge in [0, 0.05) is 41.3 Å². The van der Waals surface area contributed by atoms with Gasteiger partial charge in [-0.15, -0.1) is 0 Å². The molecule has 0 rings (SSSR count). The molecule has 0 aromatic rings. The summed E-state index contributed by atoms with van der Waals surface area (Å²) < 4.78 is 0. The minimum Gasteiger partial charge on any atom is -2.00 e. The maximum absolute atomic E-state index is 0. The van der Waals surface area contributed by atoms with E-state index in [2.05, 4.69) is 0 Å². The van der Waals surface area contributed by atoms with Crippen LogP contribution in [0.4, 0.5) is 0 Å². The Balaban J connectivity index is 0. The van der Waals surface area contributed by atoms with E-state index < -0.39 is 0 Å². The predicted octanol–water partition coefficient (Wildman–Crippen LogP) is -0.356. The molecule has 0 aliphatic heterocycles. The molecule has 0 amide bonds. The van der Waals surface area contributed by atoms with Gasteiger partial charge in [0.1, 0.15) is 0 Å². The van der Waals surface area contributed by atoms with Crippen molar-refractivity contribution < 1.29 is 140 Å². The van der Waals surface area contributed by atoms with Crippen molar-refractivity contribution in [3.8, 4) is 0 Å². The van der Waals surface area contributed by atoms with Crippen molar-refractivity contribution in [1.82, 2.24) is 0 Å². The Hall–Kier alpha value is 3.97. The van der Waals surface area contributed by atoms with Gasteiger partial charge in [0.15, 0.2) is 0 Å². The predicted molar refractivity (Wildman–Crippen MR) is 2.06 cm³/mol. The minimum atomic E-state index is 0. The zero-order chi connectivity index (χ0) is 0. The normalized spacial score (nSPS) is 0. The van der Waals surface area contributed by atoms with E-state index >= 15 is 0 Å². The SMILES string of the molecule is [O-2].[O-2].[O-2].[Pr+3].[Pr+3].[Pr]. The molecular weight excluding hydrogens is 471 g/mol. The van der Waals surface area contributed by atoms with Crippen LogP contribution in [0.2, 0.25) is 0 Å². The van der Waals surface area contributed by atoms with Crippen LogP contribution in [0, 0.1) is 124 Å². The largest absolute Gasteiger partial charge is 3.00 e. The zero-order valence-corrected chi connectivity index (χ0v) is 14.1. The smallest absolute Gasteiger partial charge is 2.00 e. The van der Waals surface area contributed by atoms with Crippen molar-refractivity contribution in [3.05, 3.63) is 0 Å². The molecule has 6 heavy (non-hydrogen) atoms. The van der Waals surface area contributed by atoms with Crippen molar-refractivity contribution in [2.75, 3.05) is 0 Å². The second-order valence-electron chi connectivity index (χ2n) is 0. The maximum atomic E-state index is 0. The fourth-order valence-electron chi connectivity index (χ4n) is 0. The van der Waals surface area contributed by atoms with Crippen molar-refractivity contribution in [2.24, 2.45) is 0 Å². The van der Waals surface area contributed by atoms with Crippen LogP contribution in [0.15, 0.2) is 0 Å². The Morgan fingerprint density at radius 1 is 0.500 bits per heavy atom. The first-order chi connectivity index (χ1) is 0. The molecule has 0 bridgehead atoms. The van der Waals surface area contributed by atoms with Gasteiger partial charge in [-0.05, 0) is 0 Å². The van der Waals surface area contributed by atoms with Crippen LogP contribution in [0.25, 0.3) is 0 Å². The second-order valence-corrected chi connectivity index (χ2v) is 0. The topological polar surface area (TPSA) is 85.5 Å². The van der Waals surface area contributed by atoms with E-state index in [9.17, 15) is 0 Å². The third-order valence-corrected chi connectivity index (χ3v) is 0. The summed E-state index contributed by atoms with van der Waals surface area (Å²) in [7, 11) is 0. The van der Waals surface area contributed by atoms with Gasteiger partial charge in [-0.3, -0.25) is 0 Å².